The Morgan fingerprint density at radius 1 is 1.26 bits per heavy atom. The predicted octanol–water partition coefficient (Wildman–Crippen LogP) is 2.79. The molecule has 0 spiro atoms. The molecule has 1 amide bonds. The largest absolute Gasteiger partial charge is 0.338 e. The van der Waals surface area contributed by atoms with Gasteiger partial charge in [-0.3, -0.25) is 4.79 Å². The molecule has 1 saturated carbocycles. The summed E-state index contributed by atoms with van der Waals surface area (Å²) >= 11 is 0. The number of hydrogen-bond donors (Lipinski definition) is 1. The average Bonchev–Trinajstić information content (AvgIpc) is 2.38. The van der Waals surface area contributed by atoms with E-state index in [-0.39, 0.29) is 11.9 Å². The third-order valence-electron chi connectivity index (χ3n) is 5.06. The van der Waals surface area contributed by atoms with Gasteiger partial charge in [-0.05, 0) is 43.4 Å². The first-order valence-electron chi connectivity index (χ1n) is 8.06. The van der Waals surface area contributed by atoms with Crippen LogP contribution in [0.4, 0.5) is 0 Å². The maximum absolute atomic E-state index is 12.6. The van der Waals surface area contributed by atoms with E-state index in [0.717, 1.165) is 31.2 Å². The van der Waals surface area contributed by atoms with Gasteiger partial charge in [-0.1, -0.05) is 33.6 Å². The number of nitrogens with two attached hydrogens (primary N) is 1. The summed E-state index contributed by atoms with van der Waals surface area (Å²) in [5.41, 5.74) is 6.11. The lowest BCUT2D eigenvalue weighted by Crippen LogP contribution is -2.56. The summed E-state index contributed by atoms with van der Waals surface area (Å²) in [6.07, 6.45) is 7.07. The quantitative estimate of drug-likeness (QED) is 0.854. The van der Waals surface area contributed by atoms with Gasteiger partial charge in [0.2, 0.25) is 5.91 Å². The Kier molecular flexibility index (Phi) is 4.88. The Balaban J connectivity index is 2.04. The molecule has 1 aliphatic heterocycles. The molecule has 3 heteroatoms. The van der Waals surface area contributed by atoms with E-state index in [9.17, 15) is 4.79 Å². The van der Waals surface area contributed by atoms with Crippen LogP contribution in [0.15, 0.2) is 0 Å². The summed E-state index contributed by atoms with van der Waals surface area (Å²) in [5, 5.41) is 0. The van der Waals surface area contributed by atoms with Gasteiger partial charge in [0.25, 0.3) is 0 Å². The Morgan fingerprint density at radius 3 is 2.63 bits per heavy atom. The van der Waals surface area contributed by atoms with Crippen LogP contribution < -0.4 is 5.73 Å². The third kappa shape index (κ3) is 3.31. The molecule has 1 saturated heterocycles. The molecular formula is C16H30N2O. The minimum absolute atomic E-state index is 0.206. The van der Waals surface area contributed by atoms with E-state index < -0.39 is 0 Å². The van der Waals surface area contributed by atoms with E-state index in [1.807, 2.05) is 0 Å². The molecule has 0 bridgehead atoms. The molecular weight excluding hydrogens is 236 g/mol. The summed E-state index contributed by atoms with van der Waals surface area (Å²) in [4.78, 5) is 14.7. The van der Waals surface area contributed by atoms with Gasteiger partial charge in [-0.25, -0.2) is 0 Å². The lowest BCUT2D eigenvalue weighted by atomic mass is 9.72. The highest BCUT2D eigenvalue weighted by Gasteiger charge is 2.40. The van der Waals surface area contributed by atoms with Crippen LogP contribution in [-0.2, 0) is 4.79 Å². The molecule has 3 nitrogen and oxygen atoms in total. The number of nitrogens with zero attached hydrogens (tertiary/aromatic N) is 1. The first-order valence-corrected chi connectivity index (χ1v) is 8.06. The van der Waals surface area contributed by atoms with Gasteiger partial charge >= 0.3 is 0 Å². The lowest BCUT2D eigenvalue weighted by molar-refractivity contribution is -0.140. The number of piperidine rings is 1. The second kappa shape index (κ2) is 6.25. The molecule has 1 aliphatic carbocycles. The van der Waals surface area contributed by atoms with Gasteiger partial charge < -0.3 is 10.6 Å². The summed E-state index contributed by atoms with van der Waals surface area (Å²) in [6, 6.07) is 0.180. The van der Waals surface area contributed by atoms with E-state index in [1.165, 1.54) is 25.7 Å². The zero-order valence-electron chi connectivity index (χ0n) is 12.8. The van der Waals surface area contributed by atoms with Gasteiger partial charge in [0.1, 0.15) is 0 Å². The number of likely N-dealkylation sites (tertiary alicyclic amines) is 1. The number of rotatable bonds is 3. The van der Waals surface area contributed by atoms with E-state index in [1.54, 1.807) is 0 Å². The standard InChI is InChI=1S/C16H30N2O/c1-11(2)10-14(17)16(19)18-9-8-12(3)13-6-4-5-7-15(13)18/h11-15H,4-10,17H2,1-3H3/t12?,13?,14-,15?/m0/s1. The first kappa shape index (κ1) is 14.8. The monoisotopic (exact) mass is 266 g/mol. The van der Waals surface area contributed by atoms with E-state index >= 15 is 0 Å². The molecule has 2 aliphatic rings. The smallest absolute Gasteiger partial charge is 0.239 e. The average molecular weight is 266 g/mol. The molecule has 4 atom stereocenters. The van der Waals surface area contributed by atoms with Gasteiger partial charge in [0, 0.05) is 12.6 Å². The van der Waals surface area contributed by atoms with Crippen LogP contribution in [-0.4, -0.2) is 29.4 Å². The van der Waals surface area contributed by atoms with Gasteiger partial charge in [-0.2, -0.15) is 0 Å². The third-order valence-corrected chi connectivity index (χ3v) is 5.06. The van der Waals surface area contributed by atoms with Crippen molar-refractivity contribution in [2.24, 2.45) is 23.5 Å². The van der Waals surface area contributed by atoms with Crippen molar-refractivity contribution in [2.75, 3.05) is 6.54 Å². The highest BCUT2D eigenvalue weighted by molar-refractivity contribution is 5.82. The van der Waals surface area contributed by atoms with Gasteiger partial charge in [0.15, 0.2) is 0 Å². The Morgan fingerprint density at radius 2 is 1.95 bits per heavy atom. The highest BCUT2D eigenvalue weighted by atomic mass is 16.2. The van der Waals surface area contributed by atoms with Crippen molar-refractivity contribution in [1.29, 1.82) is 0 Å². The Labute approximate surface area is 117 Å². The van der Waals surface area contributed by atoms with E-state index in [4.69, 9.17) is 5.73 Å². The maximum atomic E-state index is 12.6. The number of fused-ring (bicyclic) bond motifs is 1. The van der Waals surface area contributed by atoms with Crippen LogP contribution in [0.25, 0.3) is 0 Å². The van der Waals surface area contributed by atoms with E-state index in [2.05, 4.69) is 25.7 Å². The SMILES string of the molecule is CC(C)C[C@H](N)C(=O)N1CCC(C)C2CCCCC21. The van der Waals surface area contributed by atoms with Crippen molar-refractivity contribution in [3.8, 4) is 0 Å². The molecule has 0 aromatic rings. The second-order valence-electron chi connectivity index (χ2n) is 7.05. The normalized spacial score (nSPS) is 33.1. The zero-order chi connectivity index (χ0) is 14.0. The van der Waals surface area contributed by atoms with Crippen molar-refractivity contribution in [2.45, 2.75) is 71.4 Å². The Bertz CT molecular complexity index is 316. The summed E-state index contributed by atoms with van der Waals surface area (Å²) in [7, 11) is 0. The van der Waals surface area contributed by atoms with Gasteiger partial charge in [-0.15, -0.1) is 0 Å². The molecule has 110 valence electrons. The van der Waals surface area contributed by atoms with Crippen LogP contribution in [0.5, 0.6) is 0 Å². The molecule has 1 heterocycles. The molecule has 0 radical (unpaired) electrons. The maximum Gasteiger partial charge on any atom is 0.239 e. The van der Waals surface area contributed by atoms with E-state index in [0.29, 0.717) is 12.0 Å². The van der Waals surface area contributed by atoms with Gasteiger partial charge in [0.05, 0.1) is 6.04 Å². The van der Waals surface area contributed by atoms with Crippen LogP contribution in [0.2, 0.25) is 0 Å². The number of carbonyl (C=O) groups is 1. The summed E-state index contributed by atoms with van der Waals surface area (Å²) < 4.78 is 0. The molecule has 19 heavy (non-hydrogen) atoms. The molecule has 3 unspecified atom stereocenters. The van der Waals surface area contributed by atoms with Crippen LogP contribution in [0.3, 0.4) is 0 Å². The highest BCUT2D eigenvalue weighted by Crippen LogP contribution is 2.39. The van der Waals surface area contributed by atoms with Crippen molar-refractivity contribution >= 4 is 5.91 Å². The topological polar surface area (TPSA) is 46.3 Å². The second-order valence-corrected chi connectivity index (χ2v) is 7.05. The van der Waals surface area contributed by atoms with Crippen LogP contribution >= 0.6 is 0 Å². The minimum atomic E-state index is -0.295. The van der Waals surface area contributed by atoms with Crippen molar-refractivity contribution < 1.29 is 4.79 Å². The van der Waals surface area contributed by atoms with Crippen molar-refractivity contribution in [3.05, 3.63) is 0 Å². The fourth-order valence-electron chi connectivity index (χ4n) is 4.01. The van der Waals surface area contributed by atoms with Crippen molar-refractivity contribution in [3.63, 3.8) is 0 Å². The number of hydrogen-bond acceptors (Lipinski definition) is 2. The fourth-order valence-corrected chi connectivity index (χ4v) is 4.01. The molecule has 2 rings (SSSR count). The van der Waals surface area contributed by atoms with Crippen molar-refractivity contribution in [1.82, 2.24) is 4.90 Å². The Hall–Kier alpha value is -0.570. The lowest BCUT2D eigenvalue weighted by Gasteiger charge is -2.48. The predicted molar refractivity (Wildman–Crippen MR) is 78.7 cm³/mol. The summed E-state index contributed by atoms with van der Waals surface area (Å²) in [6.45, 7) is 7.55. The number of amides is 1. The molecule has 0 aromatic heterocycles. The zero-order valence-corrected chi connectivity index (χ0v) is 12.8. The fraction of sp³-hybridized carbons (Fsp3) is 0.938. The molecule has 2 N–H and O–H groups in total. The minimum Gasteiger partial charge on any atom is -0.338 e. The first-order chi connectivity index (χ1) is 9.00. The number of carbonyl (C=O) groups excluding carboxylic acids is 1. The molecule has 0 aromatic carbocycles. The summed E-state index contributed by atoms with van der Waals surface area (Å²) in [5.74, 6) is 2.19. The van der Waals surface area contributed by atoms with Crippen LogP contribution in [0.1, 0.15) is 59.3 Å². The van der Waals surface area contributed by atoms with Crippen LogP contribution in [0, 0.1) is 17.8 Å². The molecule has 2 fully saturated rings.